The lowest BCUT2D eigenvalue weighted by atomic mass is 10.1. The molecular weight excluding hydrogens is 356 g/mol. The second-order valence-corrected chi connectivity index (χ2v) is 7.32. The lowest BCUT2D eigenvalue weighted by Crippen LogP contribution is -2.33. The molecule has 4 nitrogen and oxygen atoms in total. The van der Waals surface area contributed by atoms with Crippen LogP contribution >= 0.6 is 11.3 Å². The van der Waals surface area contributed by atoms with Crippen molar-refractivity contribution >= 4 is 28.8 Å². The fraction of sp³-hybridized carbons (Fsp3) is 0.182. The smallest absolute Gasteiger partial charge is 0.265 e. The number of thiophene rings is 1. The number of nitrogens with one attached hydrogen (secondary N) is 2. The van der Waals surface area contributed by atoms with Crippen LogP contribution in [0, 0.1) is 0 Å². The van der Waals surface area contributed by atoms with Crippen LogP contribution in [-0.4, -0.2) is 17.9 Å². The average molecular weight is 378 g/mol. The van der Waals surface area contributed by atoms with Gasteiger partial charge in [0.25, 0.3) is 11.8 Å². The van der Waals surface area contributed by atoms with Gasteiger partial charge in [0.1, 0.15) is 0 Å². The van der Waals surface area contributed by atoms with Crippen LogP contribution in [0.2, 0.25) is 0 Å². The van der Waals surface area contributed by atoms with Gasteiger partial charge in [-0.25, -0.2) is 0 Å². The molecule has 0 aliphatic rings. The number of para-hydroxylation sites is 1. The van der Waals surface area contributed by atoms with Crippen LogP contribution in [0.4, 0.5) is 5.69 Å². The van der Waals surface area contributed by atoms with Crippen molar-refractivity contribution in [2.45, 2.75) is 25.8 Å². The van der Waals surface area contributed by atoms with Crippen LogP contribution in [0.1, 0.15) is 38.9 Å². The largest absolute Gasteiger partial charge is 0.350 e. The van der Waals surface area contributed by atoms with Crippen LogP contribution in [-0.2, 0) is 6.42 Å². The molecule has 0 spiro atoms. The number of rotatable bonds is 7. The highest BCUT2D eigenvalue weighted by Crippen LogP contribution is 2.18. The van der Waals surface area contributed by atoms with Crippen molar-refractivity contribution in [2.24, 2.45) is 0 Å². The number of aryl methyl sites for hydroxylation is 1. The average Bonchev–Trinajstić information content (AvgIpc) is 3.22. The third-order valence-electron chi connectivity index (χ3n) is 4.25. The van der Waals surface area contributed by atoms with Crippen molar-refractivity contribution in [3.63, 3.8) is 0 Å². The van der Waals surface area contributed by atoms with E-state index >= 15 is 0 Å². The van der Waals surface area contributed by atoms with E-state index in [9.17, 15) is 9.59 Å². The Morgan fingerprint density at radius 1 is 0.926 bits per heavy atom. The monoisotopic (exact) mass is 378 g/mol. The van der Waals surface area contributed by atoms with E-state index in [1.165, 1.54) is 16.9 Å². The first-order valence-corrected chi connectivity index (χ1v) is 9.80. The first-order chi connectivity index (χ1) is 13.1. The number of hydrogen-bond donors (Lipinski definition) is 2. The van der Waals surface area contributed by atoms with E-state index in [-0.39, 0.29) is 17.9 Å². The minimum Gasteiger partial charge on any atom is -0.350 e. The van der Waals surface area contributed by atoms with E-state index in [1.807, 2.05) is 36.6 Å². The SMILES string of the molecule is C[C@@H](CCc1ccccc1)NC(=O)c1ccccc1NC(=O)c1cccs1. The number of anilines is 1. The van der Waals surface area contributed by atoms with Crippen LogP contribution in [0.15, 0.2) is 72.1 Å². The molecule has 27 heavy (non-hydrogen) atoms. The second-order valence-electron chi connectivity index (χ2n) is 6.38. The predicted molar refractivity (Wildman–Crippen MR) is 110 cm³/mol. The molecule has 0 unspecified atom stereocenters. The topological polar surface area (TPSA) is 58.2 Å². The molecule has 3 rings (SSSR count). The van der Waals surface area contributed by atoms with Gasteiger partial charge in [0.15, 0.2) is 0 Å². The minimum atomic E-state index is -0.206. The molecule has 0 radical (unpaired) electrons. The number of amides is 2. The Morgan fingerprint density at radius 3 is 2.41 bits per heavy atom. The highest BCUT2D eigenvalue weighted by Gasteiger charge is 2.16. The van der Waals surface area contributed by atoms with Gasteiger partial charge in [-0.2, -0.15) is 0 Å². The molecule has 2 aromatic carbocycles. The first kappa shape index (κ1) is 18.9. The van der Waals surface area contributed by atoms with Crippen molar-refractivity contribution in [1.29, 1.82) is 0 Å². The number of benzene rings is 2. The van der Waals surface area contributed by atoms with Crippen molar-refractivity contribution < 1.29 is 9.59 Å². The fourth-order valence-electron chi connectivity index (χ4n) is 2.78. The van der Waals surface area contributed by atoms with Gasteiger partial charge in [-0.1, -0.05) is 48.5 Å². The Kier molecular flexibility index (Phi) is 6.39. The molecule has 2 N–H and O–H groups in total. The Bertz CT molecular complexity index is 892. The maximum absolute atomic E-state index is 12.7. The zero-order chi connectivity index (χ0) is 19.1. The quantitative estimate of drug-likeness (QED) is 0.623. The summed E-state index contributed by atoms with van der Waals surface area (Å²) in [6.45, 7) is 1.99. The maximum atomic E-state index is 12.7. The zero-order valence-electron chi connectivity index (χ0n) is 15.1. The lowest BCUT2D eigenvalue weighted by molar-refractivity contribution is 0.0939. The van der Waals surface area contributed by atoms with Gasteiger partial charge < -0.3 is 10.6 Å². The minimum absolute atomic E-state index is 0.0266. The molecule has 3 aromatic rings. The molecule has 0 fully saturated rings. The second kappa shape index (κ2) is 9.14. The first-order valence-electron chi connectivity index (χ1n) is 8.92. The Morgan fingerprint density at radius 2 is 1.67 bits per heavy atom. The van der Waals surface area contributed by atoms with Gasteiger partial charge in [-0.05, 0) is 48.9 Å². The summed E-state index contributed by atoms with van der Waals surface area (Å²) in [6, 6.07) is 20.9. The number of carbonyl (C=O) groups excluding carboxylic acids is 2. The molecule has 0 bridgehead atoms. The van der Waals surface area contributed by atoms with Crippen molar-refractivity contribution in [1.82, 2.24) is 5.32 Å². The van der Waals surface area contributed by atoms with Gasteiger partial charge in [-0.3, -0.25) is 9.59 Å². The van der Waals surface area contributed by atoms with Crippen molar-refractivity contribution in [3.05, 3.63) is 88.1 Å². The summed E-state index contributed by atoms with van der Waals surface area (Å²) in [4.78, 5) is 25.6. The normalized spacial score (nSPS) is 11.6. The van der Waals surface area contributed by atoms with E-state index in [2.05, 4.69) is 22.8 Å². The van der Waals surface area contributed by atoms with Gasteiger partial charge in [0, 0.05) is 6.04 Å². The molecule has 0 saturated carbocycles. The van der Waals surface area contributed by atoms with Gasteiger partial charge >= 0.3 is 0 Å². The molecule has 138 valence electrons. The third-order valence-corrected chi connectivity index (χ3v) is 5.12. The molecule has 5 heteroatoms. The molecule has 1 atom stereocenters. The molecule has 1 aromatic heterocycles. The van der Waals surface area contributed by atoms with Crippen LogP contribution in [0.3, 0.4) is 0 Å². The molecule has 2 amide bonds. The number of carbonyl (C=O) groups is 2. The van der Waals surface area contributed by atoms with Gasteiger partial charge in [0.2, 0.25) is 0 Å². The Balaban J connectivity index is 1.61. The van der Waals surface area contributed by atoms with E-state index in [0.717, 1.165) is 12.8 Å². The van der Waals surface area contributed by atoms with E-state index < -0.39 is 0 Å². The molecular formula is C22H22N2O2S. The fourth-order valence-corrected chi connectivity index (χ4v) is 3.40. The molecule has 0 saturated heterocycles. The zero-order valence-corrected chi connectivity index (χ0v) is 16.0. The molecule has 1 heterocycles. The standard InChI is InChI=1S/C22H22N2O2S/c1-16(13-14-17-8-3-2-4-9-17)23-21(25)18-10-5-6-11-19(18)24-22(26)20-12-7-15-27-20/h2-12,15-16H,13-14H2,1H3,(H,23,25)(H,24,26)/t16-/m0/s1. The van der Waals surface area contributed by atoms with Crippen LogP contribution < -0.4 is 10.6 Å². The molecule has 0 aliphatic heterocycles. The van der Waals surface area contributed by atoms with Crippen molar-refractivity contribution in [2.75, 3.05) is 5.32 Å². The Labute approximate surface area is 163 Å². The van der Waals surface area contributed by atoms with Gasteiger partial charge in [0.05, 0.1) is 16.1 Å². The van der Waals surface area contributed by atoms with Crippen LogP contribution in [0.5, 0.6) is 0 Å². The summed E-state index contributed by atoms with van der Waals surface area (Å²) in [7, 11) is 0. The summed E-state index contributed by atoms with van der Waals surface area (Å²) in [6.07, 6.45) is 1.75. The van der Waals surface area contributed by atoms with E-state index in [4.69, 9.17) is 0 Å². The molecule has 0 aliphatic carbocycles. The van der Waals surface area contributed by atoms with E-state index in [1.54, 1.807) is 30.3 Å². The highest BCUT2D eigenvalue weighted by molar-refractivity contribution is 7.12. The summed E-state index contributed by atoms with van der Waals surface area (Å²) in [5.41, 5.74) is 2.24. The highest BCUT2D eigenvalue weighted by atomic mass is 32.1. The predicted octanol–water partition coefficient (Wildman–Crippen LogP) is 4.75. The summed E-state index contributed by atoms with van der Waals surface area (Å²) in [5, 5.41) is 7.71. The third kappa shape index (κ3) is 5.28. The van der Waals surface area contributed by atoms with Gasteiger partial charge in [-0.15, -0.1) is 11.3 Å². The number of hydrogen-bond acceptors (Lipinski definition) is 3. The summed E-state index contributed by atoms with van der Waals surface area (Å²) in [5.74, 6) is -0.389. The van der Waals surface area contributed by atoms with E-state index in [0.29, 0.717) is 16.1 Å². The Hall–Kier alpha value is -2.92. The summed E-state index contributed by atoms with van der Waals surface area (Å²) >= 11 is 1.37. The maximum Gasteiger partial charge on any atom is 0.265 e. The summed E-state index contributed by atoms with van der Waals surface area (Å²) < 4.78 is 0. The van der Waals surface area contributed by atoms with Crippen molar-refractivity contribution in [3.8, 4) is 0 Å². The lowest BCUT2D eigenvalue weighted by Gasteiger charge is -2.16. The van der Waals surface area contributed by atoms with Crippen LogP contribution in [0.25, 0.3) is 0 Å².